The Morgan fingerprint density at radius 1 is 1.19 bits per heavy atom. The standard InChI is InChI=1S/C18H28N2O/c1-17(2,3)15-7-5-14(6-8-15)16(21)20-11-9-18(4,13-19)10-12-20/h5-8H,9-13,19H2,1-4H3. The quantitative estimate of drug-likeness (QED) is 0.908. The summed E-state index contributed by atoms with van der Waals surface area (Å²) in [7, 11) is 0. The van der Waals surface area contributed by atoms with Crippen LogP contribution in [0.3, 0.4) is 0 Å². The zero-order valence-electron chi connectivity index (χ0n) is 13.8. The SMILES string of the molecule is CC1(CN)CCN(C(=O)c2ccc(C(C)(C)C)cc2)CC1. The van der Waals surface area contributed by atoms with Gasteiger partial charge in [0.2, 0.25) is 0 Å². The second-order valence-electron chi connectivity index (χ2n) is 7.63. The molecular weight excluding hydrogens is 260 g/mol. The van der Waals surface area contributed by atoms with E-state index in [4.69, 9.17) is 5.73 Å². The van der Waals surface area contributed by atoms with Gasteiger partial charge < -0.3 is 10.6 Å². The molecule has 116 valence electrons. The Bertz CT molecular complexity index is 491. The van der Waals surface area contributed by atoms with E-state index >= 15 is 0 Å². The van der Waals surface area contributed by atoms with Gasteiger partial charge in [-0.1, -0.05) is 39.8 Å². The molecule has 0 aliphatic carbocycles. The summed E-state index contributed by atoms with van der Waals surface area (Å²) in [6.45, 7) is 11.1. The molecule has 2 rings (SSSR count). The number of hydrogen-bond donors (Lipinski definition) is 1. The lowest BCUT2D eigenvalue weighted by Gasteiger charge is -2.38. The molecule has 3 nitrogen and oxygen atoms in total. The van der Waals surface area contributed by atoms with Crippen LogP contribution in [0.15, 0.2) is 24.3 Å². The molecule has 2 N–H and O–H groups in total. The summed E-state index contributed by atoms with van der Waals surface area (Å²) in [6, 6.07) is 8.06. The molecule has 0 radical (unpaired) electrons. The van der Waals surface area contributed by atoms with Crippen LogP contribution >= 0.6 is 0 Å². The van der Waals surface area contributed by atoms with Gasteiger partial charge >= 0.3 is 0 Å². The number of carbonyl (C=O) groups excluding carboxylic acids is 1. The van der Waals surface area contributed by atoms with E-state index in [2.05, 4.69) is 39.8 Å². The molecule has 0 spiro atoms. The van der Waals surface area contributed by atoms with Crippen LogP contribution < -0.4 is 5.73 Å². The molecule has 0 atom stereocenters. The van der Waals surface area contributed by atoms with Crippen molar-refractivity contribution < 1.29 is 4.79 Å². The number of carbonyl (C=O) groups is 1. The summed E-state index contributed by atoms with van der Waals surface area (Å²) >= 11 is 0. The summed E-state index contributed by atoms with van der Waals surface area (Å²) in [5, 5.41) is 0. The summed E-state index contributed by atoms with van der Waals surface area (Å²) < 4.78 is 0. The van der Waals surface area contributed by atoms with Gasteiger partial charge in [0.05, 0.1) is 0 Å². The van der Waals surface area contributed by atoms with Gasteiger partial charge in [-0.05, 0) is 47.9 Å². The third-order valence-electron chi connectivity index (χ3n) is 4.75. The zero-order valence-corrected chi connectivity index (χ0v) is 13.8. The van der Waals surface area contributed by atoms with Crippen LogP contribution in [0.4, 0.5) is 0 Å². The van der Waals surface area contributed by atoms with Crippen molar-refractivity contribution in [3.63, 3.8) is 0 Å². The van der Waals surface area contributed by atoms with E-state index in [9.17, 15) is 4.79 Å². The highest BCUT2D eigenvalue weighted by molar-refractivity contribution is 5.94. The maximum atomic E-state index is 12.6. The normalized spacial score (nSPS) is 18.6. The number of benzene rings is 1. The van der Waals surface area contributed by atoms with Crippen molar-refractivity contribution in [2.45, 2.75) is 46.0 Å². The first-order chi connectivity index (χ1) is 9.75. The number of nitrogens with zero attached hydrogens (tertiary/aromatic N) is 1. The molecule has 0 bridgehead atoms. The number of hydrogen-bond acceptors (Lipinski definition) is 2. The summed E-state index contributed by atoms with van der Waals surface area (Å²) in [5.74, 6) is 0.148. The van der Waals surface area contributed by atoms with Gasteiger partial charge in [-0.3, -0.25) is 4.79 Å². The molecule has 21 heavy (non-hydrogen) atoms. The second kappa shape index (κ2) is 5.80. The first kappa shape index (κ1) is 16.0. The lowest BCUT2D eigenvalue weighted by molar-refractivity contribution is 0.0617. The molecule has 1 amide bonds. The van der Waals surface area contributed by atoms with Gasteiger partial charge in [-0.25, -0.2) is 0 Å². The molecule has 1 saturated heterocycles. The van der Waals surface area contributed by atoms with Gasteiger partial charge in [0.1, 0.15) is 0 Å². The molecule has 0 aromatic heterocycles. The molecule has 3 heteroatoms. The predicted molar refractivity (Wildman–Crippen MR) is 87.4 cm³/mol. The zero-order chi connectivity index (χ0) is 15.7. The highest BCUT2D eigenvalue weighted by Crippen LogP contribution is 2.30. The van der Waals surface area contributed by atoms with E-state index in [1.807, 2.05) is 17.0 Å². The van der Waals surface area contributed by atoms with Crippen LogP contribution in [0.2, 0.25) is 0 Å². The molecule has 1 heterocycles. The summed E-state index contributed by atoms with van der Waals surface area (Å²) in [4.78, 5) is 14.5. The Morgan fingerprint density at radius 3 is 2.14 bits per heavy atom. The third kappa shape index (κ3) is 3.65. The maximum Gasteiger partial charge on any atom is 0.253 e. The van der Waals surface area contributed by atoms with Crippen LogP contribution in [0.5, 0.6) is 0 Å². The fourth-order valence-electron chi connectivity index (χ4n) is 2.75. The number of likely N-dealkylation sites (tertiary alicyclic amines) is 1. The van der Waals surface area contributed by atoms with Crippen molar-refractivity contribution in [3.8, 4) is 0 Å². The minimum absolute atomic E-state index is 0.121. The van der Waals surface area contributed by atoms with Gasteiger partial charge in [-0.2, -0.15) is 0 Å². The van der Waals surface area contributed by atoms with Crippen LogP contribution in [0, 0.1) is 5.41 Å². The Morgan fingerprint density at radius 2 is 1.71 bits per heavy atom. The van der Waals surface area contributed by atoms with Crippen LogP contribution in [0.25, 0.3) is 0 Å². The molecule has 1 aromatic rings. The molecule has 1 fully saturated rings. The summed E-state index contributed by atoms with van der Waals surface area (Å²) in [6.07, 6.45) is 1.99. The lowest BCUT2D eigenvalue weighted by atomic mass is 9.80. The lowest BCUT2D eigenvalue weighted by Crippen LogP contribution is -2.44. The smallest absolute Gasteiger partial charge is 0.253 e. The molecular formula is C18H28N2O. The Balaban J connectivity index is 2.04. The van der Waals surface area contributed by atoms with Crippen molar-refractivity contribution in [1.82, 2.24) is 4.90 Å². The van der Waals surface area contributed by atoms with Gasteiger partial charge in [0.15, 0.2) is 0 Å². The largest absolute Gasteiger partial charge is 0.339 e. The van der Waals surface area contributed by atoms with E-state index in [0.717, 1.165) is 31.5 Å². The number of nitrogens with two attached hydrogens (primary N) is 1. The maximum absolute atomic E-state index is 12.6. The van der Waals surface area contributed by atoms with E-state index < -0.39 is 0 Å². The monoisotopic (exact) mass is 288 g/mol. The first-order valence-electron chi connectivity index (χ1n) is 7.85. The van der Waals surface area contributed by atoms with E-state index in [1.54, 1.807) is 0 Å². The molecule has 0 saturated carbocycles. The Hall–Kier alpha value is -1.35. The van der Waals surface area contributed by atoms with Crippen molar-refractivity contribution in [1.29, 1.82) is 0 Å². The average Bonchev–Trinajstić information content (AvgIpc) is 2.47. The van der Waals surface area contributed by atoms with Crippen LogP contribution in [-0.4, -0.2) is 30.4 Å². The molecule has 1 aliphatic rings. The van der Waals surface area contributed by atoms with E-state index in [-0.39, 0.29) is 16.7 Å². The molecule has 1 aromatic carbocycles. The number of piperidine rings is 1. The molecule has 0 unspecified atom stereocenters. The van der Waals surface area contributed by atoms with Crippen LogP contribution in [-0.2, 0) is 5.41 Å². The Labute approximate surface area is 128 Å². The highest BCUT2D eigenvalue weighted by atomic mass is 16.2. The van der Waals surface area contributed by atoms with Gasteiger partial charge in [0.25, 0.3) is 5.91 Å². The Kier molecular flexibility index (Phi) is 4.43. The van der Waals surface area contributed by atoms with Gasteiger partial charge in [0, 0.05) is 18.7 Å². The average molecular weight is 288 g/mol. The van der Waals surface area contributed by atoms with Crippen LogP contribution in [0.1, 0.15) is 56.5 Å². The number of rotatable bonds is 2. The highest BCUT2D eigenvalue weighted by Gasteiger charge is 2.31. The second-order valence-corrected chi connectivity index (χ2v) is 7.63. The van der Waals surface area contributed by atoms with Crippen molar-refractivity contribution in [2.24, 2.45) is 11.1 Å². The molecule has 1 aliphatic heterocycles. The predicted octanol–water partition coefficient (Wildman–Crippen LogP) is 3.19. The summed E-state index contributed by atoms with van der Waals surface area (Å²) in [5.41, 5.74) is 8.19. The fourth-order valence-corrected chi connectivity index (χ4v) is 2.75. The van der Waals surface area contributed by atoms with Gasteiger partial charge in [-0.15, -0.1) is 0 Å². The fraction of sp³-hybridized carbons (Fsp3) is 0.611. The van der Waals surface area contributed by atoms with E-state index in [0.29, 0.717) is 6.54 Å². The van der Waals surface area contributed by atoms with Crippen molar-refractivity contribution >= 4 is 5.91 Å². The van der Waals surface area contributed by atoms with Crippen molar-refractivity contribution in [2.75, 3.05) is 19.6 Å². The van der Waals surface area contributed by atoms with Crippen molar-refractivity contribution in [3.05, 3.63) is 35.4 Å². The number of amides is 1. The van der Waals surface area contributed by atoms with E-state index in [1.165, 1.54) is 5.56 Å². The third-order valence-corrected chi connectivity index (χ3v) is 4.75. The topological polar surface area (TPSA) is 46.3 Å². The minimum Gasteiger partial charge on any atom is -0.339 e. The minimum atomic E-state index is 0.121. The first-order valence-corrected chi connectivity index (χ1v) is 7.85.